The fraction of sp³-hybridized carbons (Fsp3) is 0.583. The number of hydrogen-bond donors (Lipinski definition) is 2. The van der Waals surface area contributed by atoms with Gasteiger partial charge < -0.3 is 15.2 Å². The predicted octanol–water partition coefficient (Wildman–Crippen LogP) is 0.385. The molecule has 20 heavy (non-hydrogen) atoms. The van der Waals surface area contributed by atoms with Crippen molar-refractivity contribution < 1.29 is 17.9 Å². The number of nitrogen functional groups attached to an aromatic ring is 1. The van der Waals surface area contributed by atoms with Crippen molar-refractivity contribution in [2.75, 3.05) is 39.2 Å². The number of rotatable bonds is 10. The van der Waals surface area contributed by atoms with Gasteiger partial charge in [-0.15, -0.1) is 0 Å². The summed E-state index contributed by atoms with van der Waals surface area (Å²) in [4.78, 5) is 3.77. The van der Waals surface area contributed by atoms with E-state index in [0.717, 1.165) is 6.42 Å². The van der Waals surface area contributed by atoms with Gasteiger partial charge in [-0.25, -0.2) is 18.1 Å². The number of methoxy groups -OCH3 is 1. The lowest BCUT2D eigenvalue weighted by atomic mass is 10.3. The van der Waals surface area contributed by atoms with Crippen molar-refractivity contribution in [2.45, 2.75) is 17.7 Å². The minimum absolute atomic E-state index is 0.00268. The van der Waals surface area contributed by atoms with E-state index in [4.69, 9.17) is 15.2 Å². The third kappa shape index (κ3) is 5.83. The molecule has 1 aromatic rings. The molecule has 0 saturated carbocycles. The highest BCUT2D eigenvalue weighted by molar-refractivity contribution is 7.89. The maximum Gasteiger partial charge on any atom is 0.244 e. The van der Waals surface area contributed by atoms with Gasteiger partial charge in [-0.05, 0) is 25.0 Å². The van der Waals surface area contributed by atoms with Gasteiger partial charge in [0.15, 0.2) is 0 Å². The van der Waals surface area contributed by atoms with E-state index in [0.29, 0.717) is 32.8 Å². The van der Waals surface area contributed by atoms with Gasteiger partial charge in [-0.2, -0.15) is 0 Å². The standard InChI is InChI=1S/C12H21N3O4S/c1-18-9-10-19-8-3-2-7-15-20(16,17)11-5-4-6-14-12(11)13/h4-6,15H,2-3,7-10H2,1H3,(H2,13,14). The van der Waals surface area contributed by atoms with E-state index in [1.165, 1.54) is 18.3 Å². The van der Waals surface area contributed by atoms with Crippen molar-refractivity contribution in [3.8, 4) is 0 Å². The number of nitrogens with one attached hydrogen (secondary N) is 1. The third-order valence-corrected chi connectivity index (χ3v) is 4.04. The number of hydrogen-bond acceptors (Lipinski definition) is 6. The van der Waals surface area contributed by atoms with Gasteiger partial charge in [-0.1, -0.05) is 0 Å². The zero-order valence-corrected chi connectivity index (χ0v) is 12.4. The van der Waals surface area contributed by atoms with Crippen LogP contribution in [0.25, 0.3) is 0 Å². The molecule has 0 spiro atoms. The van der Waals surface area contributed by atoms with Crippen LogP contribution in [0.1, 0.15) is 12.8 Å². The summed E-state index contributed by atoms with van der Waals surface area (Å²) >= 11 is 0. The van der Waals surface area contributed by atoms with Crippen molar-refractivity contribution >= 4 is 15.8 Å². The molecule has 8 heteroatoms. The Morgan fingerprint density at radius 3 is 2.80 bits per heavy atom. The molecule has 0 aliphatic carbocycles. The largest absolute Gasteiger partial charge is 0.383 e. The molecule has 0 bridgehead atoms. The number of nitrogens with zero attached hydrogens (tertiary/aromatic N) is 1. The zero-order chi connectivity index (χ0) is 14.8. The number of ether oxygens (including phenoxy) is 2. The van der Waals surface area contributed by atoms with Gasteiger partial charge >= 0.3 is 0 Å². The molecular formula is C12H21N3O4S. The van der Waals surface area contributed by atoms with Crippen LogP contribution in [0.3, 0.4) is 0 Å². The normalized spacial score (nSPS) is 11.7. The lowest BCUT2D eigenvalue weighted by Gasteiger charge is -2.08. The zero-order valence-electron chi connectivity index (χ0n) is 11.5. The SMILES string of the molecule is COCCOCCCCNS(=O)(=O)c1cccnc1N. The first-order valence-corrected chi connectivity index (χ1v) is 7.83. The smallest absolute Gasteiger partial charge is 0.244 e. The molecule has 7 nitrogen and oxygen atoms in total. The van der Waals surface area contributed by atoms with Crippen LogP contribution in [-0.4, -0.2) is 46.9 Å². The number of sulfonamides is 1. The number of aromatic nitrogens is 1. The van der Waals surface area contributed by atoms with E-state index in [1.54, 1.807) is 7.11 Å². The van der Waals surface area contributed by atoms with E-state index in [1.807, 2.05) is 0 Å². The van der Waals surface area contributed by atoms with Gasteiger partial charge in [0.25, 0.3) is 0 Å². The molecule has 0 amide bonds. The third-order valence-electron chi connectivity index (χ3n) is 2.53. The molecule has 1 heterocycles. The Balaban J connectivity index is 2.26. The second-order valence-corrected chi connectivity index (χ2v) is 5.83. The van der Waals surface area contributed by atoms with Crippen LogP contribution >= 0.6 is 0 Å². The molecule has 114 valence electrons. The second kappa shape index (κ2) is 8.85. The van der Waals surface area contributed by atoms with E-state index in [9.17, 15) is 8.42 Å². The molecule has 1 aromatic heterocycles. The summed E-state index contributed by atoms with van der Waals surface area (Å²) in [6.45, 7) is 2.03. The van der Waals surface area contributed by atoms with Gasteiger partial charge in [-0.3, -0.25) is 0 Å². The highest BCUT2D eigenvalue weighted by Crippen LogP contribution is 2.13. The molecule has 0 saturated heterocycles. The van der Waals surface area contributed by atoms with Gasteiger partial charge in [0, 0.05) is 26.5 Å². The number of pyridine rings is 1. The van der Waals surface area contributed by atoms with Crippen molar-refractivity contribution in [2.24, 2.45) is 0 Å². The van der Waals surface area contributed by atoms with Crippen LogP contribution in [0.5, 0.6) is 0 Å². The first-order valence-electron chi connectivity index (χ1n) is 6.35. The quantitative estimate of drug-likeness (QED) is 0.606. The highest BCUT2D eigenvalue weighted by Gasteiger charge is 2.16. The molecule has 3 N–H and O–H groups in total. The first kappa shape index (κ1) is 16.8. The Labute approximate surface area is 119 Å². The lowest BCUT2D eigenvalue weighted by Crippen LogP contribution is -2.26. The summed E-state index contributed by atoms with van der Waals surface area (Å²) in [6, 6.07) is 2.97. The molecule has 0 atom stereocenters. The molecule has 0 unspecified atom stereocenters. The van der Waals surface area contributed by atoms with Gasteiger partial charge in [0.2, 0.25) is 10.0 Å². The lowest BCUT2D eigenvalue weighted by molar-refractivity contribution is 0.0689. The Hall–Kier alpha value is -1.22. The Kier molecular flexibility index (Phi) is 7.45. The average Bonchev–Trinajstić information content (AvgIpc) is 2.42. The fourth-order valence-electron chi connectivity index (χ4n) is 1.49. The highest BCUT2D eigenvalue weighted by atomic mass is 32.2. The van der Waals surface area contributed by atoms with Crippen molar-refractivity contribution in [3.63, 3.8) is 0 Å². The second-order valence-electron chi connectivity index (χ2n) is 4.10. The molecular weight excluding hydrogens is 282 g/mol. The number of unbranched alkanes of at least 4 members (excludes halogenated alkanes) is 1. The molecule has 0 aromatic carbocycles. The fourth-order valence-corrected chi connectivity index (χ4v) is 2.64. The van der Waals surface area contributed by atoms with Crippen molar-refractivity contribution in [3.05, 3.63) is 18.3 Å². The molecule has 0 radical (unpaired) electrons. The van der Waals surface area contributed by atoms with Crippen LogP contribution in [0, 0.1) is 0 Å². The number of nitrogens with two attached hydrogens (primary N) is 1. The maximum absolute atomic E-state index is 11.9. The van der Waals surface area contributed by atoms with Crippen molar-refractivity contribution in [1.29, 1.82) is 0 Å². The van der Waals surface area contributed by atoms with E-state index < -0.39 is 10.0 Å². The van der Waals surface area contributed by atoms with E-state index >= 15 is 0 Å². The monoisotopic (exact) mass is 303 g/mol. The molecule has 1 rings (SSSR count). The summed E-state index contributed by atoms with van der Waals surface area (Å²) in [6.07, 6.45) is 2.91. The summed E-state index contributed by atoms with van der Waals surface area (Å²) in [5.41, 5.74) is 5.54. The van der Waals surface area contributed by atoms with Crippen LogP contribution in [0.4, 0.5) is 5.82 Å². The minimum atomic E-state index is -3.59. The Morgan fingerprint density at radius 1 is 1.30 bits per heavy atom. The first-order chi connectivity index (χ1) is 9.58. The summed E-state index contributed by atoms with van der Waals surface area (Å²) in [5.74, 6) is 0.00268. The Bertz CT molecular complexity index is 493. The van der Waals surface area contributed by atoms with Crippen molar-refractivity contribution in [1.82, 2.24) is 9.71 Å². The number of anilines is 1. The van der Waals surface area contributed by atoms with Crippen LogP contribution in [0.15, 0.2) is 23.2 Å². The summed E-state index contributed by atoms with van der Waals surface area (Å²) in [5, 5.41) is 0. The summed E-state index contributed by atoms with van der Waals surface area (Å²) < 4.78 is 36.5. The topological polar surface area (TPSA) is 104 Å². The predicted molar refractivity (Wildman–Crippen MR) is 75.8 cm³/mol. The van der Waals surface area contributed by atoms with E-state index in [2.05, 4.69) is 9.71 Å². The molecule has 0 aliphatic rings. The molecule has 0 fully saturated rings. The Morgan fingerprint density at radius 2 is 2.10 bits per heavy atom. The summed E-state index contributed by atoms with van der Waals surface area (Å²) in [7, 11) is -1.98. The van der Waals surface area contributed by atoms with Gasteiger partial charge in [0.05, 0.1) is 13.2 Å². The van der Waals surface area contributed by atoms with Gasteiger partial charge in [0.1, 0.15) is 10.7 Å². The van der Waals surface area contributed by atoms with Crippen LogP contribution < -0.4 is 10.5 Å². The van der Waals surface area contributed by atoms with Crippen LogP contribution in [0.2, 0.25) is 0 Å². The minimum Gasteiger partial charge on any atom is -0.383 e. The van der Waals surface area contributed by atoms with Crippen LogP contribution in [-0.2, 0) is 19.5 Å². The average molecular weight is 303 g/mol. The molecule has 0 aliphatic heterocycles. The maximum atomic E-state index is 11.9. The van der Waals surface area contributed by atoms with E-state index in [-0.39, 0.29) is 10.7 Å².